The first-order chi connectivity index (χ1) is 19.9. The number of aryl methyl sites for hydroxylation is 3. The summed E-state index contributed by atoms with van der Waals surface area (Å²) in [6.07, 6.45) is 2.58. The molecule has 3 aromatic carbocycles. The second-order valence-electron chi connectivity index (χ2n) is 11.3. The van der Waals surface area contributed by atoms with Crippen molar-refractivity contribution in [3.63, 3.8) is 0 Å². The van der Waals surface area contributed by atoms with E-state index in [4.69, 9.17) is 13.1 Å². The molecule has 1 fully saturated rings. The van der Waals surface area contributed by atoms with Gasteiger partial charge < -0.3 is 4.74 Å². The van der Waals surface area contributed by atoms with Crippen molar-refractivity contribution in [2.24, 2.45) is 0 Å². The molecule has 0 atom stereocenters. The first kappa shape index (κ1) is 32.4. The molecule has 4 rings (SSSR count). The lowest BCUT2D eigenvalue weighted by atomic mass is 9.77. The van der Waals surface area contributed by atoms with E-state index in [1.807, 2.05) is 13.8 Å². The second kappa shape index (κ2) is 13.8. The normalized spacial score (nSPS) is 14.9. The maximum absolute atomic E-state index is 12.9. The lowest BCUT2D eigenvalue weighted by molar-refractivity contribution is 0.0849. The van der Waals surface area contributed by atoms with E-state index < -0.39 is 20.2 Å². The fourth-order valence-corrected chi connectivity index (χ4v) is 7.44. The third kappa shape index (κ3) is 7.88. The van der Waals surface area contributed by atoms with Gasteiger partial charge in [-0.05, 0) is 124 Å². The predicted molar refractivity (Wildman–Crippen MR) is 164 cm³/mol. The molecule has 0 amide bonds. The van der Waals surface area contributed by atoms with Gasteiger partial charge in [0.1, 0.15) is 0 Å². The van der Waals surface area contributed by atoms with Gasteiger partial charge in [-0.2, -0.15) is 16.8 Å². The largest absolute Gasteiger partial charge is 0.381 e. The van der Waals surface area contributed by atoms with Crippen LogP contribution in [0.15, 0.2) is 64.4 Å². The molecule has 0 unspecified atom stereocenters. The molecule has 0 aromatic heterocycles. The van der Waals surface area contributed by atoms with Gasteiger partial charge in [0.2, 0.25) is 0 Å². The van der Waals surface area contributed by atoms with Crippen molar-refractivity contribution in [3.8, 4) is 0 Å². The van der Waals surface area contributed by atoms with Crippen LogP contribution in [0, 0.1) is 34.6 Å². The number of hydrogen-bond donors (Lipinski definition) is 0. The van der Waals surface area contributed by atoms with Crippen LogP contribution in [-0.2, 0) is 33.3 Å². The Labute approximate surface area is 251 Å². The number of hydrogen-bond acceptors (Lipinski definition) is 7. The van der Waals surface area contributed by atoms with Crippen LogP contribution >= 0.6 is 0 Å². The monoisotopic (exact) mass is 614 g/mol. The zero-order valence-corrected chi connectivity index (χ0v) is 26.8. The van der Waals surface area contributed by atoms with E-state index in [0.29, 0.717) is 32.0 Å². The SMILES string of the molecule is Cc1ccc(S(=O)(=O)OCCC(CCOS(=O)(=O)c2ccc(C)cc2)c2cc(C)c(C)c(C)c2C2CCOCC2)cc1. The topological polar surface area (TPSA) is 96.0 Å². The summed E-state index contributed by atoms with van der Waals surface area (Å²) >= 11 is 0. The Hall–Kier alpha value is -2.56. The van der Waals surface area contributed by atoms with Crippen LogP contribution in [0.4, 0.5) is 0 Å². The minimum Gasteiger partial charge on any atom is -0.381 e. The van der Waals surface area contributed by atoms with Crippen LogP contribution in [0.25, 0.3) is 0 Å². The predicted octanol–water partition coefficient (Wildman–Crippen LogP) is 6.80. The fourth-order valence-electron chi connectivity index (χ4n) is 5.60. The van der Waals surface area contributed by atoms with Gasteiger partial charge in [0, 0.05) is 13.2 Å². The first-order valence-corrected chi connectivity index (χ1v) is 17.3. The van der Waals surface area contributed by atoms with Gasteiger partial charge in [0.05, 0.1) is 23.0 Å². The zero-order valence-electron chi connectivity index (χ0n) is 25.2. The standard InChI is InChI=1S/C33H42O7S2/c1-23-6-10-30(11-7-23)41(34,35)39-20-16-28(17-21-40-42(36,37)31-12-8-24(2)9-13-31)32-22-25(3)26(4)27(5)33(32)29-14-18-38-19-15-29/h6-13,22,28-29H,14-21H2,1-5H3. The van der Waals surface area contributed by atoms with Crippen molar-refractivity contribution in [1.82, 2.24) is 0 Å². The van der Waals surface area contributed by atoms with Gasteiger partial charge in [-0.25, -0.2) is 0 Å². The quantitative estimate of drug-likeness (QED) is 0.207. The van der Waals surface area contributed by atoms with Crippen LogP contribution in [0.1, 0.15) is 76.5 Å². The van der Waals surface area contributed by atoms with Crippen molar-refractivity contribution in [1.29, 1.82) is 0 Å². The molecule has 7 nitrogen and oxygen atoms in total. The lowest BCUT2D eigenvalue weighted by Crippen LogP contribution is -2.20. The molecule has 0 bridgehead atoms. The van der Waals surface area contributed by atoms with E-state index in [0.717, 1.165) is 35.1 Å². The molecule has 0 aliphatic carbocycles. The molecule has 1 aliphatic heterocycles. The van der Waals surface area contributed by atoms with Crippen LogP contribution in [0.3, 0.4) is 0 Å². The highest BCUT2D eigenvalue weighted by Gasteiger charge is 2.27. The highest BCUT2D eigenvalue weighted by molar-refractivity contribution is 7.87. The van der Waals surface area contributed by atoms with E-state index in [1.165, 1.54) is 16.7 Å². The molecule has 0 saturated carbocycles. The van der Waals surface area contributed by atoms with Crippen molar-refractivity contribution in [2.75, 3.05) is 26.4 Å². The van der Waals surface area contributed by atoms with Gasteiger partial charge in [-0.15, -0.1) is 0 Å². The Bertz CT molecular complexity index is 1490. The maximum Gasteiger partial charge on any atom is 0.296 e. The molecule has 0 radical (unpaired) electrons. The van der Waals surface area contributed by atoms with Crippen LogP contribution in [0.2, 0.25) is 0 Å². The Morgan fingerprint density at radius 1 is 0.714 bits per heavy atom. The van der Waals surface area contributed by atoms with E-state index in [9.17, 15) is 16.8 Å². The molecule has 228 valence electrons. The van der Waals surface area contributed by atoms with Crippen LogP contribution in [0.5, 0.6) is 0 Å². The molecule has 1 aliphatic rings. The molecule has 0 spiro atoms. The smallest absolute Gasteiger partial charge is 0.296 e. The van der Waals surface area contributed by atoms with Crippen LogP contribution in [-0.4, -0.2) is 43.3 Å². The third-order valence-corrected chi connectivity index (χ3v) is 11.0. The van der Waals surface area contributed by atoms with Crippen molar-refractivity contribution >= 4 is 20.2 Å². The Morgan fingerprint density at radius 3 is 1.62 bits per heavy atom. The first-order valence-electron chi connectivity index (χ1n) is 14.5. The summed E-state index contributed by atoms with van der Waals surface area (Å²) in [6, 6.07) is 15.3. The molecule has 9 heteroatoms. The van der Waals surface area contributed by atoms with Gasteiger partial charge in [0.15, 0.2) is 0 Å². The summed E-state index contributed by atoms with van der Waals surface area (Å²) in [7, 11) is -7.87. The van der Waals surface area contributed by atoms with Crippen LogP contribution < -0.4 is 0 Å². The summed E-state index contributed by atoms with van der Waals surface area (Å²) in [6.45, 7) is 11.4. The number of ether oxygens (including phenoxy) is 1. The molecular formula is C33H42O7S2. The lowest BCUT2D eigenvalue weighted by Gasteiger charge is -2.31. The van der Waals surface area contributed by atoms with E-state index in [2.05, 4.69) is 26.8 Å². The zero-order chi connectivity index (χ0) is 30.5. The molecular weight excluding hydrogens is 572 g/mol. The Balaban J connectivity index is 1.60. The third-order valence-electron chi connectivity index (χ3n) is 8.34. The van der Waals surface area contributed by atoms with Crippen molar-refractivity contribution in [3.05, 3.63) is 93.5 Å². The average molecular weight is 615 g/mol. The van der Waals surface area contributed by atoms with Crippen molar-refractivity contribution in [2.45, 2.75) is 81.9 Å². The fraction of sp³-hybridized carbons (Fsp3) is 0.455. The Morgan fingerprint density at radius 2 is 1.17 bits per heavy atom. The molecule has 0 N–H and O–H groups in total. The minimum absolute atomic E-state index is 0.0369. The average Bonchev–Trinajstić information content (AvgIpc) is 2.96. The molecule has 3 aromatic rings. The van der Waals surface area contributed by atoms with Gasteiger partial charge in [-0.1, -0.05) is 41.5 Å². The summed E-state index contributed by atoms with van der Waals surface area (Å²) in [5.41, 5.74) is 7.88. The highest BCUT2D eigenvalue weighted by Crippen LogP contribution is 2.40. The molecule has 42 heavy (non-hydrogen) atoms. The summed E-state index contributed by atoms with van der Waals surface area (Å²) in [5, 5.41) is 0. The highest BCUT2D eigenvalue weighted by atomic mass is 32.2. The number of benzene rings is 3. The molecule has 1 saturated heterocycles. The minimum atomic E-state index is -3.94. The summed E-state index contributed by atoms with van der Waals surface area (Å²) in [4.78, 5) is 0.226. The summed E-state index contributed by atoms with van der Waals surface area (Å²) in [5.74, 6) is 0.132. The maximum atomic E-state index is 12.9. The molecule has 1 heterocycles. The van der Waals surface area contributed by atoms with Gasteiger partial charge in [-0.3, -0.25) is 8.37 Å². The van der Waals surface area contributed by atoms with Gasteiger partial charge in [0.25, 0.3) is 20.2 Å². The summed E-state index contributed by atoms with van der Waals surface area (Å²) < 4.78 is 68.3. The number of rotatable bonds is 12. The van der Waals surface area contributed by atoms with Crippen molar-refractivity contribution < 1.29 is 29.9 Å². The second-order valence-corrected chi connectivity index (χ2v) is 14.5. The van der Waals surface area contributed by atoms with Gasteiger partial charge >= 0.3 is 0 Å². The van der Waals surface area contributed by atoms with E-state index in [-0.39, 0.29) is 28.9 Å². The van der Waals surface area contributed by atoms with E-state index >= 15 is 0 Å². The Kier molecular flexibility index (Phi) is 10.6. The van der Waals surface area contributed by atoms with E-state index in [1.54, 1.807) is 48.5 Å².